The van der Waals surface area contributed by atoms with Crippen molar-refractivity contribution in [2.45, 2.75) is 24.7 Å². The molecule has 0 aliphatic carbocycles. The minimum atomic E-state index is -3.83. The Morgan fingerprint density at radius 1 is 1.06 bits per heavy atom. The summed E-state index contributed by atoms with van der Waals surface area (Å²) in [6.45, 7) is 2.64. The van der Waals surface area contributed by atoms with Gasteiger partial charge in [-0.2, -0.15) is 0 Å². The van der Waals surface area contributed by atoms with Crippen molar-refractivity contribution in [3.05, 3.63) is 47.5 Å². The van der Waals surface area contributed by atoms with E-state index in [1.54, 1.807) is 25.1 Å². The largest absolute Gasteiger partial charge is 0.490 e. The summed E-state index contributed by atoms with van der Waals surface area (Å²) in [4.78, 5) is 24.0. The summed E-state index contributed by atoms with van der Waals surface area (Å²) in [6, 6.07) is 9.19. The fraction of sp³-hybridized carbons (Fsp3) is 0.333. The third-order valence-corrected chi connectivity index (χ3v) is 6.06. The second-order valence-corrected chi connectivity index (χ2v) is 8.64. The lowest BCUT2D eigenvalue weighted by Gasteiger charge is -2.12. The molecule has 10 heteroatoms. The molecule has 0 saturated heterocycles. The van der Waals surface area contributed by atoms with Crippen LogP contribution in [0.2, 0.25) is 0 Å². The van der Waals surface area contributed by atoms with E-state index in [1.807, 2.05) is 0 Å². The zero-order chi connectivity index (χ0) is 22.4. The summed E-state index contributed by atoms with van der Waals surface area (Å²) in [5, 5.41) is 2.69. The summed E-state index contributed by atoms with van der Waals surface area (Å²) < 4.78 is 43.2. The van der Waals surface area contributed by atoms with E-state index in [9.17, 15) is 18.0 Å². The number of carbonyl (C=O) groups excluding carboxylic acids is 2. The molecule has 1 aliphatic rings. The molecular weight excluding hydrogens is 424 g/mol. The Kier molecular flexibility index (Phi) is 7.13. The number of hydrogen-bond acceptors (Lipinski definition) is 7. The zero-order valence-corrected chi connectivity index (χ0v) is 18.1. The smallest absolute Gasteiger partial charge is 0.337 e. The number of fused-ring (bicyclic) bond motifs is 1. The van der Waals surface area contributed by atoms with Gasteiger partial charge in [0.05, 0.1) is 30.8 Å². The fourth-order valence-electron chi connectivity index (χ4n) is 2.91. The molecule has 166 valence electrons. The van der Waals surface area contributed by atoms with Gasteiger partial charge in [0, 0.05) is 31.1 Å². The van der Waals surface area contributed by atoms with Crippen LogP contribution in [0.5, 0.6) is 11.5 Å². The molecule has 0 saturated carbocycles. The molecule has 0 fully saturated rings. The molecule has 2 aromatic carbocycles. The second kappa shape index (κ2) is 9.80. The van der Waals surface area contributed by atoms with Crippen LogP contribution >= 0.6 is 0 Å². The first-order valence-corrected chi connectivity index (χ1v) is 11.2. The number of carbonyl (C=O) groups is 2. The maximum Gasteiger partial charge on any atom is 0.337 e. The lowest BCUT2D eigenvalue weighted by Crippen LogP contribution is -2.28. The third-order valence-electron chi connectivity index (χ3n) is 4.61. The monoisotopic (exact) mass is 448 g/mol. The summed E-state index contributed by atoms with van der Waals surface area (Å²) in [5.74, 6) is -0.0377. The number of esters is 1. The molecule has 0 unspecified atom stereocenters. The predicted molar refractivity (Wildman–Crippen MR) is 113 cm³/mol. The number of anilines is 1. The van der Waals surface area contributed by atoms with Gasteiger partial charge in [0.25, 0.3) is 0 Å². The summed E-state index contributed by atoms with van der Waals surface area (Å²) in [6.07, 6.45) is 0.623. The van der Waals surface area contributed by atoms with Crippen molar-refractivity contribution in [3.63, 3.8) is 0 Å². The van der Waals surface area contributed by atoms with Gasteiger partial charge >= 0.3 is 5.97 Å². The van der Waals surface area contributed by atoms with Crippen molar-refractivity contribution >= 4 is 27.6 Å². The van der Waals surface area contributed by atoms with E-state index in [0.29, 0.717) is 42.4 Å². The number of methoxy groups -OCH3 is 1. The highest BCUT2D eigenvalue weighted by atomic mass is 32.2. The van der Waals surface area contributed by atoms with Gasteiger partial charge < -0.3 is 19.5 Å². The zero-order valence-electron chi connectivity index (χ0n) is 17.3. The predicted octanol–water partition coefficient (Wildman–Crippen LogP) is 2.25. The van der Waals surface area contributed by atoms with Gasteiger partial charge in [-0.05, 0) is 36.8 Å². The van der Waals surface area contributed by atoms with Crippen LogP contribution in [-0.4, -0.2) is 47.2 Å². The molecule has 0 radical (unpaired) electrons. The van der Waals surface area contributed by atoms with Crippen LogP contribution < -0.4 is 19.5 Å². The van der Waals surface area contributed by atoms with E-state index in [2.05, 4.69) is 14.8 Å². The minimum absolute atomic E-state index is 0.0266. The van der Waals surface area contributed by atoms with E-state index in [0.717, 1.165) is 5.56 Å². The van der Waals surface area contributed by atoms with E-state index < -0.39 is 21.9 Å². The van der Waals surface area contributed by atoms with Crippen LogP contribution in [0.4, 0.5) is 5.69 Å². The van der Waals surface area contributed by atoms with Crippen molar-refractivity contribution in [3.8, 4) is 11.5 Å². The van der Waals surface area contributed by atoms with E-state index in [-0.39, 0.29) is 17.9 Å². The van der Waals surface area contributed by atoms with Gasteiger partial charge in [-0.1, -0.05) is 6.07 Å². The summed E-state index contributed by atoms with van der Waals surface area (Å²) in [7, 11) is -2.56. The molecule has 1 aliphatic heterocycles. The van der Waals surface area contributed by atoms with Gasteiger partial charge in [-0.25, -0.2) is 17.9 Å². The first-order valence-electron chi connectivity index (χ1n) is 9.68. The highest BCUT2D eigenvalue weighted by Crippen LogP contribution is 2.31. The quantitative estimate of drug-likeness (QED) is 0.623. The van der Waals surface area contributed by atoms with Crippen LogP contribution in [-0.2, 0) is 19.6 Å². The fourth-order valence-corrected chi connectivity index (χ4v) is 3.95. The van der Waals surface area contributed by atoms with Crippen LogP contribution in [0, 0.1) is 6.92 Å². The lowest BCUT2D eigenvalue weighted by atomic mass is 10.1. The van der Waals surface area contributed by atoms with Crippen LogP contribution in [0.25, 0.3) is 0 Å². The number of amides is 1. The van der Waals surface area contributed by atoms with Crippen molar-refractivity contribution in [1.29, 1.82) is 0 Å². The lowest BCUT2D eigenvalue weighted by molar-refractivity contribution is -0.116. The molecular formula is C21H24N2O7S. The highest BCUT2D eigenvalue weighted by Gasteiger charge is 2.19. The van der Waals surface area contributed by atoms with Crippen LogP contribution in [0.15, 0.2) is 41.3 Å². The first-order chi connectivity index (χ1) is 14.8. The van der Waals surface area contributed by atoms with E-state index in [4.69, 9.17) is 9.47 Å². The van der Waals surface area contributed by atoms with Gasteiger partial charge in [0.1, 0.15) is 0 Å². The summed E-state index contributed by atoms with van der Waals surface area (Å²) >= 11 is 0. The Labute approximate surface area is 180 Å². The van der Waals surface area contributed by atoms with Crippen LogP contribution in [0.3, 0.4) is 0 Å². The molecule has 2 N–H and O–H groups in total. The Hall–Kier alpha value is -3.11. The normalized spacial score (nSPS) is 13.2. The standard InChI is InChI=1S/C21H24N2O7S/c1-14-4-5-15(21(25)28-2)12-17(14)23-20(24)8-9-22-31(26,27)16-6-7-18-19(13-16)30-11-3-10-29-18/h4-7,12-13,22H,3,8-11H2,1-2H3,(H,23,24). The molecule has 9 nitrogen and oxygen atoms in total. The van der Waals surface area contributed by atoms with Crippen molar-refractivity contribution in [2.75, 3.05) is 32.2 Å². The number of nitrogens with one attached hydrogen (secondary N) is 2. The average Bonchev–Trinajstić information content (AvgIpc) is 2.99. The number of ether oxygens (including phenoxy) is 3. The van der Waals surface area contributed by atoms with Crippen LogP contribution in [0.1, 0.15) is 28.8 Å². The van der Waals surface area contributed by atoms with Crippen molar-refractivity contribution in [1.82, 2.24) is 4.72 Å². The van der Waals surface area contributed by atoms with Crippen molar-refractivity contribution in [2.24, 2.45) is 0 Å². The molecule has 1 heterocycles. The third kappa shape index (κ3) is 5.74. The maximum atomic E-state index is 12.6. The number of benzene rings is 2. The molecule has 0 atom stereocenters. The average molecular weight is 448 g/mol. The SMILES string of the molecule is COC(=O)c1ccc(C)c(NC(=O)CCNS(=O)(=O)c2ccc3c(c2)OCCCO3)c1. The van der Waals surface area contributed by atoms with E-state index in [1.165, 1.54) is 25.3 Å². The van der Waals surface area contributed by atoms with Gasteiger partial charge in [0.2, 0.25) is 15.9 Å². The number of rotatable bonds is 7. The molecule has 1 amide bonds. The van der Waals surface area contributed by atoms with E-state index >= 15 is 0 Å². The van der Waals surface area contributed by atoms with Crippen molar-refractivity contribution < 1.29 is 32.2 Å². The molecule has 0 aromatic heterocycles. The molecule has 2 aromatic rings. The molecule has 3 rings (SSSR count). The summed E-state index contributed by atoms with van der Waals surface area (Å²) in [5.41, 5.74) is 1.52. The van der Waals surface area contributed by atoms with Gasteiger partial charge in [-0.15, -0.1) is 0 Å². The maximum absolute atomic E-state index is 12.6. The number of sulfonamides is 1. The first kappa shape index (κ1) is 22.6. The Morgan fingerprint density at radius 3 is 2.55 bits per heavy atom. The molecule has 0 spiro atoms. The molecule has 31 heavy (non-hydrogen) atoms. The number of hydrogen-bond donors (Lipinski definition) is 2. The Balaban J connectivity index is 1.59. The van der Waals surface area contributed by atoms with Gasteiger partial charge in [0.15, 0.2) is 11.5 Å². The Bertz CT molecular complexity index is 1080. The number of aryl methyl sites for hydroxylation is 1. The van der Waals surface area contributed by atoms with Gasteiger partial charge in [-0.3, -0.25) is 4.79 Å². The Morgan fingerprint density at radius 2 is 1.81 bits per heavy atom. The highest BCUT2D eigenvalue weighted by molar-refractivity contribution is 7.89. The second-order valence-electron chi connectivity index (χ2n) is 6.88. The molecule has 0 bridgehead atoms. The topological polar surface area (TPSA) is 120 Å². The minimum Gasteiger partial charge on any atom is -0.490 e.